The van der Waals surface area contributed by atoms with Crippen molar-refractivity contribution in [2.45, 2.75) is 25.3 Å². The van der Waals surface area contributed by atoms with Crippen molar-refractivity contribution < 1.29 is 9.59 Å². The lowest BCUT2D eigenvalue weighted by Crippen LogP contribution is -2.43. The molecular formula is C21H24ClN3O2. The number of hydrogen-bond donors (Lipinski definition) is 2. The van der Waals surface area contributed by atoms with Crippen LogP contribution in [-0.4, -0.2) is 37.0 Å². The highest BCUT2D eigenvalue weighted by atomic mass is 35.5. The number of nitrogens with one attached hydrogen (secondary N) is 2. The van der Waals surface area contributed by atoms with E-state index in [4.69, 9.17) is 11.6 Å². The van der Waals surface area contributed by atoms with E-state index in [1.165, 1.54) is 0 Å². The van der Waals surface area contributed by atoms with Gasteiger partial charge in [-0.15, -0.1) is 0 Å². The lowest BCUT2D eigenvalue weighted by atomic mass is 9.89. The van der Waals surface area contributed by atoms with Gasteiger partial charge in [-0.05, 0) is 42.2 Å². The maximum absolute atomic E-state index is 12.6. The number of rotatable bonds is 4. The van der Waals surface area contributed by atoms with Crippen molar-refractivity contribution in [2.75, 3.05) is 20.1 Å². The van der Waals surface area contributed by atoms with Crippen LogP contribution in [0, 0.1) is 0 Å². The Bertz CT molecular complexity index is 825. The second-order valence-corrected chi connectivity index (χ2v) is 7.15. The van der Waals surface area contributed by atoms with Crippen LogP contribution < -0.4 is 10.6 Å². The number of piperidine rings is 1. The molecule has 0 unspecified atom stereocenters. The Morgan fingerprint density at radius 1 is 1.19 bits per heavy atom. The van der Waals surface area contributed by atoms with E-state index in [1.54, 1.807) is 7.05 Å². The second-order valence-electron chi connectivity index (χ2n) is 6.74. The Morgan fingerprint density at radius 2 is 2.00 bits per heavy atom. The van der Waals surface area contributed by atoms with Gasteiger partial charge in [-0.3, -0.25) is 4.79 Å². The van der Waals surface area contributed by atoms with Crippen molar-refractivity contribution in [3.8, 4) is 0 Å². The molecule has 0 radical (unpaired) electrons. The van der Waals surface area contributed by atoms with Crippen molar-refractivity contribution in [2.24, 2.45) is 0 Å². The first-order valence-electron chi connectivity index (χ1n) is 9.16. The van der Waals surface area contributed by atoms with Gasteiger partial charge in [0, 0.05) is 43.2 Å². The Morgan fingerprint density at radius 3 is 2.78 bits per heavy atom. The maximum Gasteiger partial charge on any atom is 0.317 e. The maximum atomic E-state index is 12.6. The topological polar surface area (TPSA) is 61.4 Å². The largest absolute Gasteiger partial charge is 0.348 e. The van der Waals surface area contributed by atoms with E-state index < -0.39 is 0 Å². The van der Waals surface area contributed by atoms with E-state index in [0.717, 1.165) is 30.5 Å². The van der Waals surface area contributed by atoms with Gasteiger partial charge in [0.2, 0.25) is 0 Å². The van der Waals surface area contributed by atoms with E-state index in [2.05, 4.69) is 10.6 Å². The number of amides is 3. The highest BCUT2D eigenvalue weighted by molar-refractivity contribution is 6.31. The molecule has 6 heteroatoms. The fourth-order valence-corrected chi connectivity index (χ4v) is 3.65. The Labute approximate surface area is 164 Å². The summed E-state index contributed by atoms with van der Waals surface area (Å²) in [4.78, 5) is 26.3. The normalized spacial score (nSPS) is 16.7. The number of urea groups is 1. The van der Waals surface area contributed by atoms with Crippen LogP contribution in [0.1, 0.15) is 40.2 Å². The zero-order chi connectivity index (χ0) is 19.2. The number of nitrogens with zero attached hydrogens (tertiary/aromatic N) is 1. The Kier molecular flexibility index (Phi) is 6.35. The summed E-state index contributed by atoms with van der Waals surface area (Å²) >= 11 is 6.14. The minimum atomic E-state index is -0.129. The molecule has 1 aliphatic heterocycles. The first-order valence-corrected chi connectivity index (χ1v) is 9.54. The summed E-state index contributed by atoms with van der Waals surface area (Å²) in [6, 6.07) is 15.1. The monoisotopic (exact) mass is 385 g/mol. The van der Waals surface area contributed by atoms with Crippen molar-refractivity contribution >= 4 is 23.5 Å². The molecule has 0 spiro atoms. The van der Waals surface area contributed by atoms with Crippen LogP contribution in [0.2, 0.25) is 5.02 Å². The predicted molar refractivity (Wildman–Crippen MR) is 107 cm³/mol. The van der Waals surface area contributed by atoms with Crippen LogP contribution in [0.4, 0.5) is 4.79 Å². The predicted octanol–water partition coefficient (Wildman–Crippen LogP) is 3.79. The van der Waals surface area contributed by atoms with E-state index >= 15 is 0 Å². The molecule has 142 valence electrons. The average molecular weight is 386 g/mol. The van der Waals surface area contributed by atoms with E-state index in [9.17, 15) is 9.59 Å². The zero-order valence-electron chi connectivity index (χ0n) is 15.4. The molecule has 27 heavy (non-hydrogen) atoms. The molecule has 2 aromatic rings. The molecule has 1 fully saturated rings. The van der Waals surface area contributed by atoms with Crippen LogP contribution >= 0.6 is 11.6 Å². The molecule has 5 nitrogen and oxygen atoms in total. The number of carbonyl (C=O) groups excluding carboxylic acids is 2. The van der Waals surface area contributed by atoms with Gasteiger partial charge < -0.3 is 15.5 Å². The van der Waals surface area contributed by atoms with Crippen molar-refractivity contribution in [3.05, 3.63) is 70.2 Å². The number of halogens is 1. The minimum absolute atomic E-state index is 0.0478. The van der Waals surface area contributed by atoms with Crippen LogP contribution in [0.25, 0.3) is 0 Å². The standard InChI is InChI=1S/C21H24ClN3O2/c1-23-21(27)25-11-5-9-18(14-25)15-7-4-8-16(12-15)20(26)24-13-17-6-2-3-10-19(17)22/h2-4,6-8,10,12,18H,5,9,11,13-14H2,1H3,(H,23,27)(H,24,26)/t18-/m1/s1. The average Bonchev–Trinajstić information content (AvgIpc) is 2.72. The van der Waals surface area contributed by atoms with Gasteiger partial charge in [-0.2, -0.15) is 0 Å². The number of likely N-dealkylation sites (tertiary alicyclic amines) is 1. The Hall–Kier alpha value is -2.53. The summed E-state index contributed by atoms with van der Waals surface area (Å²) in [5.74, 6) is 0.114. The first kappa shape index (κ1) is 19.2. The highest BCUT2D eigenvalue weighted by Gasteiger charge is 2.24. The molecule has 1 saturated heterocycles. The van der Waals surface area contributed by atoms with Gasteiger partial charge in [0.1, 0.15) is 0 Å². The minimum Gasteiger partial charge on any atom is -0.348 e. The third-order valence-corrected chi connectivity index (χ3v) is 5.31. The van der Waals surface area contributed by atoms with Gasteiger partial charge in [0.05, 0.1) is 0 Å². The van der Waals surface area contributed by atoms with Gasteiger partial charge in [-0.1, -0.05) is 41.9 Å². The third kappa shape index (κ3) is 4.80. The van der Waals surface area contributed by atoms with Crippen LogP contribution in [0.3, 0.4) is 0 Å². The Balaban J connectivity index is 1.67. The number of carbonyl (C=O) groups is 2. The lowest BCUT2D eigenvalue weighted by Gasteiger charge is -2.32. The number of hydrogen-bond acceptors (Lipinski definition) is 2. The van der Waals surface area contributed by atoms with E-state index in [1.807, 2.05) is 53.4 Å². The molecule has 2 N–H and O–H groups in total. The van der Waals surface area contributed by atoms with Crippen molar-refractivity contribution in [1.29, 1.82) is 0 Å². The van der Waals surface area contributed by atoms with Crippen LogP contribution in [-0.2, 0) is 6.54 Å². The van der Waals surface area contributed by atoms with Gasteiger partial charge >= 0.3 is 6.03 Å². The molecule has 1 heterocycles. The lowest BCUT2D eigenvalue weighted by molar-refractivity contribution is 0.0950. The summed E-state index contributed by atoms with van der Waals surface area (Å²) < 4.78 is 0. The fraction of sp³-hybridized carbons (Fsp3) is 0.333. The molecule has 1 aliphatic rings. The number of benzene rings is 2. The molecule has 0 aromatic heterocycles. The van der Waals surface area contributed by atoms with Gasteiger partial charge in [0.25, 0.3) is 5.91 Å². The second kappa shape index (κ2) is 8.91. The van der Waals surface area contributed by atoms with Crippen LogP contribution in [0.15, 0.2) is 48.5 Å². The molecule has 3 amide bonds. The molecular weight excluding hydrogens is 362 g/mol. The zero-order valence-corrected chi connectivity index (χ0v) is 16.1. The molecule has 1 atom stereocenters. The van der Waals surface area contributed by atoms with E-state index in [0.29, 0.717) is 23.7 Å². The van der Waals surface area contributed by atoms with E-state index in [-0.39, 0.29) is 17.9 Å². The quantitative estimate of drug-likeness (QED) is 0.841. The molecule has 0 bridgehead atoms. The molecule has 0 saturated carbocycles. The highest BCUT2D eigenvalue weighted by Crippen LogP contribution is 2.27. The summed E-state index contributed by atoms with van der Waals surface area (Å²) in [5, 5.41) is 6.25. The fourth-order valence-electron chi connectivity index (χ4n) is 3.44. The smallest absolute Gasteiger partial charge is 0.317 e. The summed E-state index contributed by atoms with van der Waals surface area (Å²) in [6.07, 6.45) is 1.97. The molecule has 0 aliphatic carbocycles. The first-order chi connectivity index (χ1) is 13.1. The van der Waals surface area contributed by atoms with Crippen molar-refractivity contribution in [3.63, 3.8) is 0 Å². The SMILES string of the molecule is CNC(=O)N1CCC[C@@H](c2cccc(C(=O)NCc3ccccc3Cl)c2)C1. The molecule has 3 rings (SSSR count). The van der Waals surface area contributed by atoms with Crippen LogP contribution in [0.5, 0.6) is 0 Å². The van der Waals surface area contributed by atoms with Crippen molar-refractivity contribution in [1.82, 2.24) is 15.5 Å². The summed E-state index contributed by atoms with van der Waals surface area (Å²) in [7, 11) is 1.65. The van der Waals surface area contributed by atoms with Gasteiger partial charge in [0.15, 0.2) is 0 Å². The summed E-state index contributed by atoms with van der Waals surface area (Å²) in [5.41, 5.74) is 2.60. The molecule has 2 aromatic carbocycles. The van der Waals surface area contributed by atoms with Gasteiger partial charge in [-0.25, -0.2) is 4.79 Å². The third-order valence-electron chi connectivity index (χ3n) is 4.94. The summed E-state index contributed by atoms with van der Waals surface area (Å²) in [6.45, 7) is 1.83.